The molecule has 2 amide bonds. The summed E-state index contributed by atoms with van der Waals surface area (Å²) in [5.41, 5.74) is 0.455. The van der Waals surface area contributed by atoms with E-state index in [2.05, 4.69) is 15.6 Å². The molecule has 0 aliphatic heterocycles. The first-order valence-electron chi connectivity index (χ1n) is 6.28. The van der Waals surface area contributed by atoms with Crippen molar-refractivity contribution in [3.8, 4) is 5.88 Å². The van der Waals surface area contributed by atoms with Gasteiger partial charge in [0.2, 0.25) is 5.88 Å². The minimum absolute atomic E-state index is 0.160. The third kappa shape index (κ3) is 4.42. The van der Waals surface area contributed by atoms with Crippen LogP contribution in [0, 0.1) is 5.92 Å². The first-order valence-corrected chi connectivity index (χ1v) is 6.28. The number of hydrogen-bond donors (Lipinski definition) is 3. The zero-order chi connectivity index (χ0) is 15.1. The van der Waals surface area contributed by atoms with E-state index in [0.717, 1.165) is 0 Å². The van der Waals surface area contributed by atoms with Gasteiger partial charge in [0, 0.05) is 6.07 Å². The Morgan fingerprint density at radius 3 is 2.60 bits per heavy atom. The van der Waals surface area contributed by atoms with Gasteiger partial charge in [0.05, 0.1) is 19.0 Å². The Balaban J connectivity index is 2.63. The van der Waals surface area contributed by atoms with Crippen LogP contribution in [0.25, 0.3) is 0 Å². The van der Waals surface area contributed by atoms with Crippen molar-refractivity contribution in [1.82, 2.24) is 10.3 Å². The van der Waals surface area contributed by atoms with Crippen LogP contribution in [0.15, 0.2) is 18.3 Å². The number of aromatic nitrogens is 1. The first kappa shape index (κ1) is 15.7. The number of anilines is 1. The van der Waals surface area contributed by atoms with Crippen LogP contribution < -0.4 is 15.4 Å². The Hall–Kier alpha value is -2.31. The van der Waals surface area contributed by atoms with Gasteiger partial charge in [-0.1, -0.05) is 20.3 Å². The Kier molecular flexibility index (Phi) is 5.76. The lowest BCUT2D eigenvalue weighted by molar-refractivity contribution is -0.140. The maximum Gasteiger partial charge on any atom is 0.326 e. The molecular weight excluding hydrogens is 262 g/mol. The molecule has 0 spiro atoms. The molecule has 110 valence electrons. The van der Waals surface area contributed by atoms with Crippen molar-refractivity contribution in [2.24, 2.45) is 5.92 Å². The van der Waals surface area contributed by atoms with Crippen molar-refractivity contribution in [3.63, 3.8) is 0 Å². The van der Waals surface area contributed by atoms with Gasteiger partial charge >= 0.3 is 12.0 Å². The number of nitrogens with one attached hydrogen (secondary N) is 2. The third-order valence-corrected chi connectivity index (χ3v) is 2.97. The van der Waals surface area contributed by atoms with Gasteiger partial charge in [-0.2, -0.15) is 0 Å². The van der Waals surface area contributed by atoms with Crippen LogP contribution in [0.5, 0.6) is 5.88 Å². The highest BCUT2D eigenvalue weighted by Gasteiger charge is 2.25. The molecule has 0 aliphatic rings. The summed E-state index contributed by atoms with van der Waals surface area (Å²) in [5.74, 6) is -0.784. The van der Waals surface area contributed by atoms with E-state index in [0.29, 0.717) is 18.0 Å². The highest BCUT2D eigenvalue weighted by Crippen LogP contribution is 2.12. The number of carbonyl (C=O) groups excluding carboxylic acids is 1. The second-order valence-electron chi connectivity index (χ2n) is 4.39. The Bertz CT molecular complexity index is 461. The molecule has 0 fully saturated rings. The number of nitrogens with zero attached hydrogens (tertiary/aromatic N) is 1. The highest BCUT2D eigenvalue weighted by molar-refractivity contribution is 5.92. The lowest BCUT2D eigenvalue weighted by atomic mass is 9.99. The topological polar surface area (TPSA) is 101 Å². The van der Waals surface area contributed by atoms with E-state index in [4.69, 9.17) is 9.84 Å². The van der Waals surface area contributed by atoms with Gasteiger partial charge in [0.15, 0.2) is 0 Å². The summed E-state index contributed by atoms with van der Waals surface area (Å²) in [6.07, 6.45) is 2.08. The zero-order valence-electron chi connectivity index (χ0n) is 11.7. The van der Waals surface area contributed by atoms with Gasteiger partial charge < -0.3 is 20.5 Å². The molecule has 1 rings (SSSR count). The Morgan fingerprint density at radius 1 is 1.45 bits per heavy atom. The average molecular weight is 281 g/mol. The van der Waals surface area contributed by atoms with Crippen LogP contribution in [0.1, 0.15) is 20.3 Å². The maximum atomic E-state index is 11.8. The second-order valence-corrected chi connectivity index (χ2v) is 4.39. The molecule has 7 heteroatoms. The van der Waals surface area contributed by atoms with Crippen molar-refractivity contribution in [2.75, 3.05) is 12.4 Å². The first-order chi connectivity index (χ1) is 9.47. The predicted molar refractivity (Wildman–Crippen MR) is 73.8 cm³/mol. The summed E-state index contributed by atoms with van der Waals surface area (Å²) in [7, 11) is 1.49. The van der Waals surface area contributed by atoms with Crippen LogP contribution in [0.4, 0.5) is 10.5 Å². The van der Waals surface area contributed by atoms with Crippen LogP contribution in [-0.2, 0) is 4.79 Å². The van der Waals surface area contributed by atoms with Crippen molar-refractivity contribution < 1.29 is 19.4 Å². The molecule has 1 heterocycles. The van der Waals surface area contributed by atoms with E-state index in [1.54, 1.807) is 19.1 Å². The number of ether oxygens (including phenoxy) is 1. The van der Waals surface area contributed by atoms with Gasteiger partial charge in [-0.05, 0) is 12.0 Å². The lowest BCUT2D eigenvalue weighted by Crippen LogP contribution is -2.46. The molecule has 1 aromatic heterocycles. The minimum atomic E-state index is -1.05. The zero-order valence-corrected chi connectivity index (χ0v) is 11.7. The van der Waals surface area contributed by atoms with E-state index in [9.17, 15) is 9.59 Å². The predicted octanol–water partition coefficient (Wildman–Crippen LogP) is 1.71. The van der Waals surface area contributed by atoms with Gasteiger partial charge in [-0.25, -0.2) is 14.6 Å². The highest BCUT2D eigenvalue weighted by atomic mass is 16.5. The van der Waals surface area contributed by atoms with Gasteiger partial charge in [-0.15, -0.1) is 0 Å². The number of carboxylic acid groups (broad SMARTS) is 1. The number of carbonyl (C=O) groups is 2. The van der Waals surface area contributed by atoms with Crippen molar-refractivity contribution >= 4 is 17.7 Å². The van der Waals surface area contributed by atoms with Crippen LogP contribution in [0.3, 0.4) is 0 Å². The summed E-state index contributed by atoms with van der Waals surface area (Å²) in [6.45, 7) is 3.64. The normalized spacial score (nSPS) is 13.2. The summed E-state index contributed by atoms with van der Waals surface area (Å²) >= 11 is 0. The van der Waals surface area contributed by atoms with E-state index >= 15 is 0 Å². The van der Waals surface area contributed by atoms with Gasteiger partial charge in [0.25, 0.3) is 0 Å². The van der Waals surface area contributed by atoms with E-state index in [1.165, 1.54) is 13.3 Å². The van der Waals surface area contributed by atoms with Crippen molar-refractivity contribution in [1.29, 1.82) is 0 Å². The number of amides is 2. The molecule has 2 atom stereocenters. The molecule has 0 saturated heterocycles. The number of carboxylic acids is 1. The molecule has 0 saturated carbocycles. The van der Waals surface area contributed by atoms with Gasteiger partial charge in [-0.3, -0.25) is 0 Å². The summed E-state index contributed by atoms with van der Waals surface area (Å²) < 4.78 is 4.90. The largest absolute Gasteiger partial charge is 0.481 e. The molecule has 0 bridgehead atoms. The number of hydrogen-bond acceptors (Lipinski definition) is 4. The number of aliphatic carboxylic acids is 1. The van der Waals surface area contributed by atoms with Crippen molar-refractivity contribution in [3.05, 3.63) is 18.3 Å². The molecule has 0 radical (unpaired) electrons. The van der Waals surface area contributed by atoms with E-state index < -0.39 is 18.0 Å². The Morgan fingerprint density at radius 2 is 2.15 bits per heavy atom. The fourth-order valence-electron chi connectivity index (χ4n) is 1.57. The minimum Gasteiger partial charge on any atom is -0.481 e. The van der Waals surface area contributed by atoms with Gasteiger partial charge in [0.1, 0.15) is 6.04 Å². The second kappa shape index (κ2) is 7.32. The molecular formula is C13H19N3O4. The number of rotatable bonds is 6. The van der Waals surface area contributed by atoms with E-state index in [1.807, 2.05) is 6.92 Å². The third-order valence-electron chi connectivity index (χ3n) is 2.97. The summed E-state index contributed by atoms with van der Waals surface area (Å²) in [6, 6.07) is 1.71. The fourth-order valence-corrected chi connectivity index (χ4v) is 1.57. The summed E-state index contributed by atoms with van der Waals surface area (Å²) in [5, 5.41) is 14.0. The molecule has 20 heavy (non-hydrogen) atoms. The molecule has 1 aromatic rings. The SMILES string of the molecule is CC[C@H](C)[C@H](NC(=O)Nc1ccc(OC)nc1)C(=O)O. The van der Waals surface area contributed by atoms with Crippen LogP contribution in [0.2, 0.25) is 0 Å². The molecule has 7 nitrogen and oxygen atoms in total. The monoisotopic (exact) mass is 281 g/mol. The average Bonchev–Trinajstić information content (AvgIpc) is 2.44. The molecule has 3 N–H and O–H groups in total. The van der Waals surface area contributed by atoms with E-state index in [-0.39, 0.29) is 5.92 Å². The standard InChI is InChI=1S/C13H19N3O4/c1-4-8(2)11(12(17)18)16-13(19)15-9-5-6-10(20-3)14-7-9/h5-8,11H,4H2,1-3H3,(H,17,18)(H2,15,16,19)/t8-,11-/m0/s1. The summed E-state index contributed by atoms with van der Waals surface area (Å²) in [4.78, 5) is 26.8. The quantitative estimate of drug-likeness (QED) is 0.737. The molecule has 0 aromatic carbocycles. The molecule has 0 unspecified atom stereocenters. The number of urea groups is 1. The van der Waals surface area contributed by atoms with Crippen LogP contribution in [-0.4, -0.2) is 35.2 Å². The Labute approximate surface area is 117 Å². The van der Waals surface area contributed by atoms with Crippen LogP contribution >= 0.6 is 0 Å². The number of methoxy groups -OCH3 is 1. The smallest absolute Gasteiger partial charge is 0.326 e. The molecule has 0 aliphatic carbocycles. The number of pyridine rings is 1. The lowest BCUT2D eigenvalue weighted by Gasteiger charge is -2.20. The maximum absolute atomic E-state index is 11.8. The van der Waals surface area contributed by atoms with Crippen molar-refractivity contribution in [2.45, 2.75) is 26.3 Å². The fraction of sp³-hybridized carbons (Fsp3) is 0.462.